The van der Waals surface area contributed by atoms with E-state index in [1.807, 2.05) is 0 Å². The molecule has 12 nitrogen and oxygen atoms in total. The van der Waals surface area contributed by atoms with E-state index in [1.54, 1.807) is 12.3 Å². The van der Waals surface area contributed by atoms with Crippen molar-refractivity contribution in [3.63, 3.8) is 0 Å². The number of aliphatic carboxylic acids is 2. The van der Waals surface area contributed by atoms with Crippen molar-refractivity contribution >= 4 is 46.2 Å². The predicted molar refractivity (Wildman–Crippen MR) is 114 cm³/mol. The van der Waals surface area contributed by atoms with Crippen LogP contribution in [0.4, 0.5) is 5.95 Å². The highest BCUT2D eigenvalue weighted by Crippen LogP contribution is 2.39. The number of nitrogens with zero attached hydrogens (tertiary/aromatic N) is 2. The first kappa shape index (κ1) is 23.0. The van der Waals surface area contributed by atoms with Gasteiger partial charge in [0.15, 0.2) is 0 Å². The van der Waals surface area contributed by atoms with Gasteiger partial charge in [-0.1, -0.05) is 0 Å². The summed E-state index contributed by atoms with van der Waals surface area (Å²) in [4.78, 5) is 46.2. The summed E-state index contributed by atoms with van der Waals surface area (Å²) in [7, 11) is 0. The van der Waals surface area contributed by atoms with E-state index >= 15 is 0 Å². The third kappa shape index (κ3) is 4.95. The van der Waals surface area contributed by atoms with Gasteiger partial charge in [-0.05, 0) is 30.5 Å². The molecule has 3 rings (SSSR count). The van der Waals surface area contributed by atoms with Crippen molar-refractivity contribution in [3.8, 4) is 5.88 Å². The third-order valence-electron chi connectivity index (χ3n) is 4.80. The number of amides is 1. The highest BCUT2D eigenvalue weighted by Gasteiger charge is 2.26. The number of carbonyl (C=O) groups excluding carboxylic acids is 1. The minimum Gasteiger partial charge on any atom is -0.493 e. The van der Waals surface area contributed by atoms with Gasteiger partial charge in [0.05, 0.1) is 10.3 Å². The number of carbonyl (C=O) groups is 3. The molecule has 0 saturated carbocycles. The van der Waals surface area contributed by atoms with E-state index in [-0.39, 0.29) is 36.2 Å². The number of aromatic nitrogens is 3. The fraction of sp³-hybridized carbons (Fsp3) is 0.316. The summed E-state index contributed by atoms with van der Waals surface area (Å²) in [5.74, 6) is -3.98. The van der Waals surface area contributed by atoms with Crippen LogP contribution in [0.25, 0.3) is 11.0 Å². The number of aliphatic hydroxyl groups is 1. The number of H-pyrrole nitrogens is 1. The minimum atomic E-state index is -1.34. The first-order valence-electron chi connectivity index (χ1n) is 9.50. The lowest BCUT2D eigenvalue weighted by atomic mass is 9.95. The van der Waals surface area contributed by atoms with Gasteiger partial charge in [-0.2, -0.15) is 9.97 Å². The fourth-order valence-electron chi connectivity index (χ4n) is 3.33. The SMILES string of the molecule is Nc1nc(O)c2c(C(CCO)c3ccc(C(=O)N[C@@H](CCC(=O)O)C(=O)O)s3)c[nH]c2n1. The molecule has 2 atom stereocenters. The van der Waals surface area contributed by atoms with Crippen LogP contribution in [0, 0.1) is 0 Å². The van der Waals surface area contributed by atoms with Gasteiger partial charge in [0.2, 0.25) is 11.8 Å². The molecule has 13 heteroatoms. The molecule has 0 spiro atoms. The Morgan fingerprint density at radius 3 is 2.59 bits per heavy atom. The van der Waals surface area contributed by atoms with E-state index in [0.717, 1.165) is 11.3 Å². The zero-order valence-corrected chi connectivity index (χ0v) is 17.4. The maximum absolute atomic E-state index is 12.5. The number of hydrogen-bond acceptors (Lipinski definition) is 9. The molecule has 3 aromatic heterocycles. The largest absolute Gasteiger partial charge is 0.493 e. The molecule has 3 aromatic rings. The van der Waals surface area contributed by atoms with Gasteiger partial charge in [-0.25, -0.2) is 4.79 Å². The maximum atomic E-state index is 12.5. The second kappa shape index (κ2) is 9.62. The lowest BCUT2D eigenvalue weighted by molar-refractivity contribution is -0.140. The van der Waals surface area contributed by atoms with Crippen molar-refractivity contribution < 1.29 is 34.8 Å². The summed E-state index contributed by atoms with van der Waals surface area (Å²) in [5, 5.41) is 40.5. The highest BCUT2D eigenvalue weighted by molar-refractivity contribution is 7.14. The Hall–Kier alpha value is -3.71. The van der Waals surface area contributed by atoms with E-state index in [4.69, 9.17) is 10.8 Å². The summed E-state index contributed by atoms with van der Waals surface area (Å²) in [6.45, 7) is -0.177. The molecule has 1 unspecified atom stereocenters. The molecule has 1 amide bonds. The molecule has 0 bridgehead atoms. The van der Waals surface area contributed by atoms with E-state index in [9.17, 15) is 29.7 Å². The number of fused-ring (bicyclic) bond motifs is 1. The maximum Gasteiger partial charge on any atom is 0.326 e. The molecule has 8 N–H and O–H groups in total. The fourth-order valence-corrected chi connectivity index (χ4v) is 4.39. The molecule has 0 aliphatic heterocycles. The monoisotopic (exact) mass is 463 g/mol. The molecule has 0 aliphatic rings. The number of nitrogen functional groups attached to an aromatic ring is 1. The quantitative estimate of drug-likeness (QED) is 0.225. The summed E-state index contributed by atoms with van der Waals surface area (Å²) < 4.78 is 0. The lowest BCUT2D eigenvalue weighted by Crippen LogP contribution is -2.40. The normalized spacial score (nSPS) is 13.0. The van der Waals surface area contributed by atoms with Crippen molar-refractivity contribution in [1.82, 2.24) is 20.3 Å². The van der Waals surface area contributed by atoms with E-state index in [1.165, 1.54) is 6.07 Å². The highest BCUT2D eigenvalue weighted by atomic mass is 32.1. The molecule has 3 heterocycles. The first-order chi connectivity index (χ1) is 15.2. The topological polar surface area (TPSA) is 212 Å². The Morgan fingerprint density at radius 1 is 1.19 bits per heavy atom. The predicted octanol–water partition coefficient (Wildman–Crippen LogP) is 0.869. The average Bonchev–Trinajstić information content (AvgIpc) is 3.36. The number of aliphatic hydroxyl groups excluding tert-OH is 1. The van der Waals surface area contributed by atoms with Gasteiger partial charge in [0, 0.05) is 30.0 Å². The Morgan fingerprint density at radius 2 is 1.94 bits per heavy atom. The number of aromatic amines is 1. The minimum absolute atomic E-state index is 0.104. The Balaban J connectivity index is 1.87. The van der Waals surface area contributed by atoms with Crippen LogP contribution in [0.3, 0.4) is 0 Å². The summed E-state index contributed by atoms with van der Waals surface area (Å²) in [6.07, 6.45) is 1.24. The van der Waals surface area contributed by atoms with Crippen LogP contribution in [0.2, 0.25) is 0 Å². The number of nitrogens with one attached hydrogen (secondary N) is 2. The van der Waals surface area contributed by atoms with Crippen molar-refractivity contribution in [2.75, 3.05) is 12.3 Å². The number of carboxylic acids is 2. The van der Waals surface area contributed by atoms with E-state index in [0.29, 0.717) is 21.5 Å². The number of carboxylic acid groups (broad SMARTS) is 2. The molecule has 32 heavy (non-hydrogen) atoms. The number of aromatic hydroxyl groups is 1. The number of rotatable bonds is 10. The number of anilines is 1. The lowest BCUT2D eigenvalue weighted by Gasteiger charge is -2.14. The first-order valence-corrected chi connectivity index (χ1v) is 10.3. The van der Waals surface area contributed by atoms with Crippen LogP contribution in [0.15, 0.2) is 18.3 Å². The van der Waals surface area contributed by atoms with Crippen molar-refractivity contribution in [3.05, 3.63) is 33.6 Å². The number of nitrogens with two attached hydrogens (primary N) is 1. The second-order valence-electron chi connectivity index (χ2n) is 6.94. The average molecular weight is 463 g/mol. The van der Waals surface area contributed by atoms with Crippen LogP contribution in [0.1, 0.15) is 45.3 Å². The smallest absolute Gasteiger partial charge is 0.326 e. The van der Waals surface area contributed by atoms with Gasteiger partial charge < -0.3 is 36.5 Å². The van der Waals surface area contributed by atoms with Gasteiger partial charge in [-0.15, -0.1) is 11.3 Å². The molecule has 0 aromatic carbocycles. The van der Waals surface area contributed by atoms with E-state index < -0.39 is 36.2 Å². The Bertz CT molecular complexity index is 1160. The van der Waals surface area contributed by atoms with Gasteiger partial charge in [0.25, 0.3) is 5.91 Å². The van der Waals surface area contributed by atoms with Crippen LogP contribution in [-0.2, 0) is 9.59 Å². The van der Waals surface area contributed by atoms with Crippen LogP contribution in [0.5, 0.6) is 5.88 Å². The number of hydrogen-bond donors (Lipinski definition) is 7. The molecular weight excluding hydrogens is 442 g/mol. The van der Waals surface area contributed by atoms with Crippen molar-refractivity contribution in [2.24, 2.45) is 0 Å². The Labute approximate surface area is 184 Å². The molecule has 0 aliphatic carbocycles. The standard InChI is InChI=1S/C19H21N5O7S/c20-19-23-15-14(17(29)24-19)9(7-21-15)8(5-6-25)11-2-3-12(32-11)16(28)22-10(18(30)31)1-4-13(26)27/h2-3,7-8,10,25H,1,4-6H2,(H,22,28)(H,26,27)(H,30,31)(H4,20,21,23,24,29)/t8?,10-/m0/s1. The van der Waals surface area contributed by atoms with Crippen LogP contribution >= 0.6 is 11.3 Å². The molecule has 0 saturated heterocycles. The molecular formula is C19H21N5O7S. The Kier molecular flexibility index (Phi) is 6.90. The van der Waals surface area contributed by atoms with Gasteiger partial charge in [0.1, 0.15) is 11.7 Å². The zero-order chi connectivity index (χ0) is 23.4. The molecule has 0 fully saturated rings. The van der Waals surface area contributed by atoms with Crippen molar-refractivity contribution in [1.29, 1.82) is 0 Å². The van der Waals surface area contributed by atoms with Gasteiger partial charge >= 0.3 is 11.9 Å². The summed E-state index contributed by atoms with van der Waals surface area (Å²) >= 11 is 1.09. The van der Waals surface area contributed by atoms with Crippen LogP contribution < -0.4 is 11.1 Å². The third-order valence-corrected chi connectivity index (χ3v) is 6.00. The van der Waals surface area contributed by atoms with Gasteiger partial charge in [-0.3, -0.25) is 9.59 Å². The van der Waals surface area contributed by atoms with Crippen LogP contribution in [-0.4, -0.2) is 65.9 Å². The zero-order valence-electron chi connectivity index (χ0n) is 16.6. The molecule has 170 valence electrons. The summed E-state index contributed by atoms with van der Waals surface area (Å²) in [5.41, 5.74) is 6.48. The number of thiophene rings is 1. The molecule has 0 radical (unpaired) electrons. The second-order valence-corrected chi connectivity index (χ2v) is 8.05. The van der Waals surface area contributed by atoms with Crippen molar-refractivity contribution in [2.45, 2.75) is 31.2 Å². The van der Waals surface area contributed by atoms with E-state index in [2.05, 4.69) is 20.3 Å². The summed E-state index contributed by atoms with van der Waals surface area (Å²) in [6, 6.07) is 1.84.